The van der Waals surface area contributed by atoms with Crippen LogP contribution in [0.5, 0.6) is 0 Å². The van der Waals surface area contributed by atoms with Crippen molar-refractivity contribution in [1.29, 1.82) is 0 Å². The second kappa shape index (κ2) is 8.22. The molecule has 0 aliphatic carbocycles. The van der Waals surface area contributed by atoms with Gasteiger partial charge in [0.1, 0.15) is 11.6 Å². The maximum absolute atomic E-state index is 13.7. The fourth-order valence-electron chi connectivity index (χ4n) is 3.04. The lowest BCUT2D eigenvalue weighted by Crippen LogP contribution is -2.47. The number of piperidine rings is 1. The number of hydrogen-bond donors (Lipinski definition) is 1. The van der Waals surface area contributed by atoms with Gasteiger partial charge in [-0.05, 0) is 37.8 Å². The summed E-state index contributed by atoms with van der Waals surface area (Å²) < 4.78 is 26.7. The lowest BCUT2D eigenvalue weighted by atomic mass is 9.99. The van der Waals surface area contributed by atoms with Gasteiger partial charge in [-0.25, -0.2) is 8.78 Å². The van der Waals surface area contributed by atoms with Crippen LogP contribution in [0.4, 0.5) is 8.78 Å². The van der Waals surface area contributed by atoms with Crippen molar-refractivity contribution >= 4 is 11.8 Å². The molecule has 0 atom stereocenters. The summed E-state index contributed by atoms with van der Waals surface area (Å²) in [5, 5.41) is 3.04. The zero-order chi connectivity index (χ0) is 17.7. The molecule has 1 heterocycles. The first-order chi connectivity index (χ1) is 11.5. The van der Waals surface area contributed by atoms with E-state index >= 15 is 0 Å². The molecule has 2 amide bonds. The van der Waals surface area contributed by atoms with E-state index < -0.39 is 17.5 Å². The maximum Gasteiger partial charge on any atom is 0.256 e. The Balaban J connectivity index is 1.90. The van der Waals surface area contributed by atoms with E-state index in [1.165, 1.54) is 6.07 Å². The van der Waals surface area contributed by atoms with Crippen LogP contribution in [0.1, 0.15) is 49.9 Å². The minimum atomic E-state index is -0.843. The van der Waals surface area contributed by atoms with Gasteiger partial charge in [0.2, 0.25) is 5.91 Å². The molecular formula is C18H24F2N2O2. The van der Waals surface area contributed by atoms with Crippen molar-refractivity contribution in [2.75, 3.05) is 13.1 Å². The van der Waals surface area contributed by atoms with E-state index in [0.29, 0.717) is 25.9 Å². The number of likely N-dealkylation sites (tertiary alicyclic amines) is 1. The van der Waals surface area contributed by atoms with Gasteiger partial charge in [-0.1, -0.05) is 13.8 Å². The van der Waals surface area contributed by atoms with Crippen LogP contribution >= 0.6 is 0 Å². The highest BCUT2D eigenvalue weighted by Crippen LogP contribution is 2.18. The Labute approximate surface area is 141 Å². The van der Waals surface area contributed by atoms with Crippen molar-refractivity contribution in [2.24, 2.45) is 5.92 Å². The first-order valence-corrected chi connectivity index (χ1v) is 8.50. The van der Waals surface area contributed by atoms with Crippen molar-refractivity contribution in [3.05, 3.63) is 35.4 Å². The fourth-order valence-corrected chi connectivity index (χ4v) is 3.04. The zero-order valence-corrected chi connectivity index (χ0v) is 14.1. The van der Waals surface area contributed by atoms with Crippen LogP contribution in [0.15, 0.2) is 18.2 Å². The van der Waals surface area contributed by atoms with E-state index in [9.17, 15) is 18.4 Å². The Kier molecular flexibility index (Phi) is 6.29. The highest BCUT2D eigenvalue weighted by atomic mass is 19.1. The Morgan fingerprint density at radius 2 is 1.83 bits per heavy atom. The van der Waals surface area contributed by atoms with E-state index in [1.54, 1.807) is 4.90 Å². The van der Waals surface area contributed by atoms with Crippen molar-refractivity contribution in [2.45, 2.75) is 45.6 Å². The number of amides is 2. The molecule has 0 saturated carbocycles. The third kappa shape index (κ3) is 4.30. The summed E-state index contributed by atoms with van der Waals surface area (Å²) in [6, 6.07) is 3.02. The molecule has 0 spiro atoms. The third-order valence-electron chi connectivity index (χ3n) is 4.65. The number of rotatable bonds is 5. The molecule has 0 bridgehead atoms. The SMILES string of the molecule is CCC(CC)C(=O)NC1CCN(C(=O)c2ccc(F)cc2F)CC1. The molecule has 132 valence electrons. The summed E-state index contributed by atoms with van der Waals surface area (Å²) in [6.45, 7) is 4.88. The van der Waals surface area contributed by atoms with Crippen LogP contribution in [0, 0.1) is 17.6 Å². The molecule has 1 aromatic carbocycles. The van der Waals surface area contributed by atoms with Gasteiger partial charge in [0.15, 0.2) is 0 Å². The van der Waals surface area contributed by atoms with Crippen molar-refractivity contribution in [3.8, 4) is 0 Å². The van der Waals surface area contributed by atoms with E-state index in [1.807, 2.05) is 13.8 Å². The van der Waals surface area contributed by atoms with E-state index in [4.69, 9.17) is 0 Å². The topological polar surface area (TPSA) is 49.4 Å². The van der Waals surface area contributed by atoms with Gasteiger partial charge in [-0.15, -0.1) is 0 Å². The smallest absolute Gasteiger partial charge is 0.256 e. The minimum Gasteiger partial charge on any atom is -0.353 e. The molecule has 1 aromatic rings. The maximum atomic E-state index is 13.7. The normalized spacial score (nSPS) is 15.6. The lowest BCUT2D eigenvalue weighted by molar-refractivity contribution is -0.126. The molecule has 6 heteroatoms. The van der Waals surface area contributed by atoms with E-state index in [0.717, 1.165) is 25.0 Å². The number of halogens is 2. The van der Waals surface area contributed by atoms with Gasteiger partial charge < -0.3 is 10.2 Å². The van der Waals surface area contributed by atoms with Crippen molar-refractivity contribution in [1.82, 2.24) is 10.2 Å². The molecule has 1 fully saturated rings. The number of carbonyl (C=O) groups excluding carboxylic acids is 2. The second-order valence-electron chi connectivity index (χ2n) is 6.21. The van der Waals surface area contributed by atoms with Crippen LogP contribution in [0.25, 0.3) is 0 Å². The van der Waals surface area contributed by atoms with Gasteiger partial charge >= 0.3 is 0 Å². The summed E-state index contributed by atoms with van der Waals surface area (Å²) >= 11 is 0. The molecule has 0 aromatic heterocycles. The van der Waals surface area contributed by atoms with Crippen molar-refractivity contribution in [3.63, 3.8) is 0 Å². The molecule has 1 saturated heterocycles. The highest BCUT2D eigenvalue weighted by molar-refractivity contribution is 5.94. The summed E-state index contributed by atoms with van der Waals surface area (Å²) in [5.41, 5.74) is -0.115. The van der Waals surface area contributed by atoms with Gasteiger partial charge in [0, 0.05) is 31.1 Å². The van der Waals surface area contributed by atoms with E-state index in [2.05, 4.69) is 5.32 Å². The standard InChI is InChI=1S/C18H24F2N2O2/c1-3-12(4-2)17(23)21-14-7-9-22(10-8-14)18(24)15-6-5-13(19)11-16(15)20/h5-6,11-12,14H,3-4,7-10H2,1-2H3,(H,21,23). The molecule has 4 nitrogen and oxygen atoms in total. The fraction of sp³-hybridized carbons (Fsp3) is 0.556. The molecule has 2 rings (SSSR count). The molecule has 1 aliphatic heterocycles. The highest BCUT2D eigenvalue weighted by Gasteiger charge is 2.27. The number of nitrogens with zero attached hydrogens (tertiary/aromatic N) is 1. The van der Waals surface area contributed by atoms with Crippen LogP contribution in [0.3, 0.4) is 0 Å². The molecule has 0 radical (unpaired) electrons. The monoisotopic (exact) mass is 338 g/mol. The second-order valence-corrected chi connectivity index (χ2v) is 6.21. The van der Waals surface area contributed by atoms with Gasteiger partial charge in [-0.3, -0.25) is 9.59 Å². The average molecular weight is 338 g/mol. The predicted molar refractivity (Wildman–Crippen MR) is 87.5 cm³/mol. The molecule has 1 N–H and O–H groups in total. The Hall–Kier alpha value is -1.98. The largest absolute Gasteiger partial charge is 0.353 e. The van der Waals surface area contributed by atoms with Crippen LogP contribution in [-0.2, 0) is 4.79 Å². The van der Waals surface area contributed by atoms with Gasteiger partial charge in [-0.2, -0.15) is 0 Å². The number of hydrogen-bond acceptors (Lipinski definition) is 2. The van der Waals surface area contributed by atoms with Gasteiger partial charge in [0.05, 0.1) is 5.56 Å². The third-order valence-corrected chi connectivity index (χ3v) is 4.65. The first-order valence-electron chi connectivity index (χ1n) is 8.50. The quantitative estimate of drug-likeness (QED) is 0.897. The Bertz CT molecular complexity index is 595. The number of carbonyl (C=O) groups is 2. The first kappa shape index (κ1) is 18.4. The lowest BCUT2D eigenvalue weighted by Gasteiger charge is -2.33. The minimum absolute atomic E-state index is 0.0259. The molecule has 1 aliphatic rings. The molecule has 0 unspecified atom stereocenters. The molecular weight excluding hydrogens is 314 g/mol. The number of nitrogens with one attached hydrogen (secondary N) is 1. The van der Waals surface area contributed by atoms with E-state index in [-0.39, 0.29) is 23.4 Å². The van der Waals surface area contributed by atoms with Crippen molar-refractivity contribution < 1.29 is 18.4 Å². The predicted octanol–water partition coefficient (Wildman–Crippen LogP) is 3.12. The average Bonchev–Trinajstić information content (AvgIpc) is 2.56. The van der Waals surface area contributed by atoms with Gasteiger partial charge in [0.25, 0.3) is 5.91 Å². The van der Waals surface area contributed by atoms with Crippen LogP contribution in [-0.4, -0.2) is 35.8 Å². The Morgan fingerprint density at radius 1 is 1.21 bits per heavy atom. The summed E-state index contributed by atoms with van der Waals surface area (Å²) in [6.07, 6.45) is 2.90. The van der Waals surface area contributed by atoms with Crippen LogP contribution in [0.2, 0.25) is 0 Å². The summed E-state index contributed by atoms with van der Waals surface area (Å²) in [4.78, 5) is 26.0. The van der Waals surface area contributed by atoms with Crippen LogP contribution < -0.4 is 5.32 Å². The summed E-state index contributed by atoms with van der Waals surface area (Å²) in [5.74, 6) is -1.89. The molecule has 24 heavy (non-hydrogen) atoms. The summed E-state index contributed by atoms with van der Waals surface area (Å²) in [7, 11) is 0. The number of benzene rings is 1. The zero-order valence-electron chi connectivity index (χ0n) is 14.1. The Morgan fingerprint density at radius 3 is 2.38 bits per heavy atom.